The molecule has 0 saturated carbocycles. The molecule has 2 rings (SSSR count). The Labute approximate surface area is 105 Å². The maximum Gasteiger partial charge on any atom is 0.303 e. The number of hydroxylamine groups is 1. The second kappa shape index (κ2) is 5.64. The maximum absolute atomic E-state index is 11.4. The zero-order chi connectivity index (χ0) is 13.0. The van der Waals surface area contributed by atoms with Crippen LogP contribution in [0, 0.1) is 0 Å². The quantitative estimate of drug-likeness (QED) is 0.863. The van der Waals surface area contributed by atoms with E-state index in [9.17, 15) is 9.59 Å². The summed E-state index contributed by atoms with van der Waals surface area (Å²) < 4.78 is 0. The van der Waals surface area contributed by atoms with Crippen molar-refractivity contribution in [2.45, 2.75) is 25.7 Å². The van der Waals surface area contributed by atoms with Gasteiger partial charge >= 0.3 is 5.97 Å². The molecule has 0 radical (unpaired) electrons. The van der Waals surface area contributed by atoms with Gasteiger partial charge < -0.3 is 5.11 Å². The fourth-order valence-electron chi connectivity index (χ4n) is 1.86. The van der Waals surface area contributed by atoms with E-state index in [0.29, 0.717) is 19.4 Å². The molecule has 5 heteroatoms. The molecule has 5 nitrogen and oxygen atoms in total. The highest BCUT2D eigenvalue weighted by atomic mass is 16.7. The van der Waals surface area contributed by atoms with Crippen molar-refractivity contribution in [3.05, 3.63) is 29.8 Å². The number of carboxylic acids is 1. The lowest BCUT2D eigenvalue weighted by atomic mass is 10.1. The van der Waals surface area contributed by atoms with E-state index < -0.39 is 5.97 Å². The predicted octanol–water partition coefficient (Wildman–Crippen LogP) is 1.76. The minimum atomic E-state index is -0.775. The summed E-state index contributed by atoms with van der Waals surface area (Å²) in [5.74, 6) is -0.809. The molecular weight excluding hydrogens is 234 g/mol. The minimum Gasteiger partial charge on any atom is -0.481 e. The molecule has 1 saturated heterocycles. The van der Waals surface area contributed by atoms with Crippen LogP contribution in [0.4, 0.5) is 5.69 Å². The lowest BCUT2D eigenvalue weighted by Gasteiger charge is -2.14. The summed E-state index contributed by atoms with van der Waals surface area (Å²) in [5.41, 5.74) is 1.78. The number of nitrogens with zero attached hydrogens (tertiary/aromatic N) is 1. The van der Waals surface area contributed by atoms with E-state index in [1.54, 1.807) is 0 Å². The van der Waals surface area contributed by atoms with E-state index >= 15 is 0 Å². The summed E-state index contributed by atoms with van der Waals surface area (Å²) in [6.07, 6.45) is 1.94. The van der Waals surface area contributed by atoms with Crippen LogP contribution in [-0.4, -0.2) is 23.6 Å². The van der Waals surface area contributed by atoms with Crippen molar-refractivity contribution in [3.8, 4) is 0 Å². The van der Waals surface area contributed by atoms with E-state index in [1.807, 2.05) is 24.3 Å². The van der Waals surface area contributed by atoms with Gasteiger partial charge in [-0.25, -0.2) is 0 Å². The van der Waals surface area contributed by atoms with Crippen molar-refractivity contribution in [2.75, 3.05) is 11.7 Å². The van der Waals surface area contributed by atoms with E-state index in [0.717, 1.165) is 17.7 Å². The first-order chi connectivity index (χ1) is 8.66. The molecule has 1 N–H and O–H groups in total. The van der Waals surface area contributed by atoms with Gasteiger partial charge in [-0.2, -0.15) is 5.06 Å². The SMILES string of the molecule is O=C(O)CCCc1ccc(N2OCCC2=O)cc1. The molecule has 96 valence electrons. The van der Waals surface area contributed by atoms with Crippen LogP contribution in [0.15, 0.2) is 24.3 Å². The molecule has 1 amide bonds. The molecule has 0 bridgehead atoms. The van der Waals surface area contributed by atoms with Crippen LogP contribution in [0.1, 0.15) is 24.8 Å². The third kappa shape index (κ3) is 3.07. The molecule has 1 aromatic carbocycles. The van der Waals surface area contributed by atoms with Crippen LogP contribution < -0.4 is 5.06 Å². The van der Waals surface area contributed by atoms with Crippen molar-refractivity contribution in [1.29, 1.82) is 0 Å². The van der Waals surface area contributed by atoms with Crippen molar-refractivity contribution >= 4 is 17.6 Å². The van der Waals surface area contributed by atoms with Crippen molar-refractivity contribution in [3.63, 3.8) is 0 Å². The van der Waals surface area contributed by atoms with Crippen LogP contribution in [0.25, 0.3) is 0 Å². The van der Waals surface area contributed by atoms with Gasteiger partial charge in [0.15, 0.2) is 0 Å². The van der Waals surface area contributed by atoms with Gasteiger partial charge in [-0.05, 0) is 30.5 Å². The van der Waals surface area contributed by atoms with E-state index in [4.69, 9.17) is 9.94 Å². The van der Waals surface area contributed by atoms with E-state index in [-0.39, 0.29) is 12.3 Å². The highest BCUT2D eigenvalue weighted by molar-refractivity contribution is 5.92. The van der Waals surface area contributed by atoms with Gasteiger partial charge in [0.05, 0.1) is 18.7 Å². The fraction of sp³-hybridized carbons (Fsp3) is 0.385. The highest BCUT2D eigenvalue weighted by Gasteiger charge is 2.22. The van der Waals surface area contributed by atoms with E-state index in [1.165, 1.54) is 5.06 Å². The number of benzene rings is 1. The number of hydrogen-bond donors (Lipinski definition) is 1. The molecule has 0 aromatic heterocycles. The number of aryl methyl sites for hydroxylation is 1. The van der Waals surface area contributed by atoms with Gasteiger partial charge in [-0.3, -0.25) is 14.4 Å². The molecule has 1 heterocycles. The predicted molar refractivity (Wildman–Crippen MR) is 65.1 cm³/mol. The Morgan fingerprint density at radius 3 is 2.61 bits per heavy atom. The normalized spacial score (nSPS) is 15.1. The lowest BCUT2D eigenvalue weighted by Crippen LogP contribution is -2.22. The van der Waals surface area contributed by atoms with Crippen molar-refractivity contribution in [1.82, 2.24) is 0 Å². The summed E-state index contributed by atoms with van der Waals surface area (Å²) in [7, 11) is 0. The summed E-state index contributed by atoms with van der Waals surface area (Å²) in [4.78, 5) is 27.0. The Kier molecular flexibility index (Phi) is 3.94. The Morgan fingerprint density at radius 1 is 1.33 bits per heavy atom. The standard InChI is InChI=1S/C13H15NO4/c15-12-8-9-18-14(12)11-6-4-10(5-7-11)2-1-3-13(16)17/h4-7H,1-3,8-9H2,(H,16,17). The van der Waals surface area contributed by atoms with Crippen molar-refractivity contribution < 1.29 is 19.5 Å². The van der Waals surface area contributed by atoms with E-state index in [2.05, 4.69) is 0 Å². The van der Waals surface area contributed by atoms with Crippen LogP contribution >= 0.6 is 0 Å². The van der Waals surface area contributed by atoms with Crippen molar-refractivity contribution in [2.24, 2.45) is 0 Å². The Morgan fingerprint density at radius 2 is 2.06 bits per heavy atom. The third-order valence-electron chi connectivity index (χ3n) is 2.79. The second-order valence-electron chi connectivity index (χ2n) is 4.19. The van der Waals surface area contributed by atoms with Gasteiger partial charge in [-0.1, -0.05) is 12.1 Å². The topological polar surface area (TPSA) is 66.8 Å². The third-order valence-corrected chi connectivity index (χ3v) is 2.79. The molecule has 1 aromatic rings. The number of carbonyl (C=O) groups is 2. The highest BCUT2D eigenvalue weighted by Crippen LogP contribution is 2.21. The number of rotatable bonds is 5. The minimum absolute atomic E-state index is 0.0337. The van der Waals surface area contributed by atoms with Gasteiger partial charge in [0.2, 0.25) is 0 Å². The van der Waals surface area contributed by atoms with Crippen LogP contribution in [0.3, 0.4) is 0 Å². The fourth-order valence-corrected chi connectivity index (χ4v) is 1.86. The zero-order valence-corrected chi connectivity index (χ0v) is 9.96. The smallest absolute Gasteiger partial charge is 0.303 e. The van der Waals surface area contributed by atoms with Gasteiger partial charge in [-0.15, -0.1) is 0 Å². The molecule has 0 spiro atoms. The first-order valence-electron chi connectivity index (χ1n) is 5.93. The second-order valence-corrected chi connectivity index (χ2v) is 4.19. The Balaban J connectivity index is 1.93. The number of hydrogen-bond acceptors (Lipinski definition) is 3. The zero-order valence-electron chi connectivity index (χ0n) is 9.96. The Hall–Kier alpha value is -1.88. The molecule has 1 fully saturated rings. The monoisotopic (exact) mass is 249 g/mol. The number of aliphatic carboxylic acids is 1. The van der Waals surface area contributed by atoms with Gasteiger partial charge in [0, 0.05) is 6.42 Å². The van der Waals surface area contributed by atoms with Crippen LogP contribution in [-0.2, 0) is 20.8 Å². The largest absolute Gasteiger partial charge is 0.481 e. The summed E-state index contributed by atoms with van der Waals surface area (Å²) in [5, 5.41) is 9.85. The first-order valence-corrected chi connectivity index (χ1v) is 5.93. The number of amides is 1. The molecule has 18 heavy (non-hydrogen) atoms. The van der Waals surface area contributed by atoms with Gasteiger partial charge in [0.1, 0.15) is 0 Å². The average Bonchev–Trinajstić information content (AvgIpc) is 2.76. The van der Waals surface area contributed by atoms with Gasteiger partial charge in [0.25, 0.3) is 5.91 Å². The summed E-state index contributed by atoms with van der Waals surface area (Å²) in [6, 6.07) is 7.43. The number of carbonyl (C=O) groups excluding carboxylic acids is 1. The number of carboxylic acid groups (broad SMARTS) is 1. The molecule has 0 atom stereocenters. The first kappa shape index (κ1) is 12.6. The van der Waals surface area contributed by atoms with Crippen LogP contribution in [0.5, 0.6) is 0 Å². The summed E-state index contributed by atoms with van der Waals surface area (Å²) >= 11 is 0. The van der Waals surface area contributed by atoms with Crippen LogP contribution in [0.2, 0.25) is 0 Å². The molecule has 1 aliphatic rings. The molecule has 0 aliphatic carbocycles. The lowest BCUT2D eigenvalue weighted by molar-refractivity contribution is -0.137. The molecular formula is C13H15NO4. The summed E-state index contributed by atoms with van der Waals surface area (Å²) in [6.45, 7) is 0.430. The molecule has 0 unspecified atom stereocenters. The average molecular weight is 249 g/mol. The Bertz CT molecular complexity index is 441. The molecule has 1 aliphatic heterocycles. The number of anilines is 1. The maximum atomic E-state index is 11.4.